The molecule has 406 valence electrons. The zero-order valence-corrected chi connectivity index (χ0v) is 44.7. The molecular weight excluding hydrogens is 957 g/mol. The van der Waals surface area contributed by atoms with E-state index in [-0.39, 0.29) is 36.5 Å². The summed E-state index contributed by atoms with van der Waals surface area (Å²) in [5.41, 5.74) is 9.21. The van der Waals surface area contributed by atoms with E-state index in [1.54, 1.807) is 6.92 Å². The zero-order chi connectivity index (χ0) is 52.5. The van der Waals surface area contributed by atoms with Gasteiger partial charge in [-0.25, -0.2) is 14.2 Å². The number of ether oxygens (including phenoxy) is 2. The monoisotopic (exact) mass is 1040 g/mol. The number of aliphatic hydroxyl groups is 1. The number of fused-ring (bicyclic) bond motifs is 7. The van der Waals surface area contributed by atoms with E-state index in [0.29, 0.717) is 67.3 Å². The molecule has 2 aromatic carbocycles. The van der Waals surface area contributed by atoms with E-state index in [4.69, 9.17) is 14.5 Å². The van der Waals surface area contributed by atoms with Crippen molar-refractivity contribution in [2.75, 3.05) is 83.6 Å². The molecule has 17 heteroatoms. The van der Waals surface area contributed by atoms with Crippen LogP contribution in [0.15, 0.2) is 48.7 Å². The Bertz CT molecular complexity index is 2710. The second kappa shape index (κ2) is 22.9. The lowest BCUT2D eigenvalue weighted by Gasteiger charge is -2.44. The third-order valence-electron chi connectivity index (χ3n) is 17.0. The summed E-state index contributed by atoms with van der Waals surface area (Å²) in [5, 5.41) is 20.5. The largest absolute Gasteiger partial charge is 0.464 e. The summed E-state index contributed by atoms with van der Waals surface area (Å²) in [6.45, 7) is 19.1. The first-order chi connectivity index (χ1) is 36.2. The molecule has 5 fully saturated rings. The third-order valence-corrected chi connectivity index (χ3v) is 17.0. The Morgan fingerprint density at radius 1 is 0.960 bits per heavy atom. The van der Waals surface area contributed by atoms with Crippen LogP contribution in [0.25, 0.3) is 33.3 Å². The molecule has 6 atom stereocenters. The van der Waals surface area contributed by atoms with Gasteiger partial charge in [-0.3, -0.25) is 34.2 Å². The van der Waals surface area contributed by atoms with E-state index in [1.807, 2.05) is 24.4 Å². The highest BCUT2D eigenvalue weighted by molar-refractivity contribution is 5.96. The summed E-state index contributed by atoms with van der Waals surface area (Å²) < 4.78 is 44.8. The van der Waals surface area contributed by atoms with Gasteiger partial charge in [-0.15, -0.1) is 0 Å². The van der Waals surface area contributed by atoms with Crippen LogP contribution >= 0.6 is 0 Å². The molecule has 4 aromatic rings. The predicted octanol–water partition coefficient (Wildman–Crippen LogP) is 7.04. The van der Waals surface area contributed by atoms with Gasteiger partial charge < -0.3 is 34.7 Å². The maximum atomic E-state index is 15.2. The van der Waals surface area contributed by atoms with Crippen LogP contribution in [0.2, 0.25) is 0 Å². The average molecular weight is 1040 g/mol. The van der Waals surface area contributed by atoms with Crippen molar-refractivity contribution < 1.29 is 37.7 Å². The van der Waals surface area contributed by atoms with E-state index >= 15 is 8.78 Å². The van der Waals surface area contributed by atoms with Crippen molar-refractivity contribution in [3.8, 4) is 22.4 Å². The molecule has 2 amide bonds. The van der Waals surface area contributed by atoms with Gasteiger partial charge in [-0.1, -0.05) is 51.8 Å². The number of hydrogen-bond donors (Lipinski definition) is 4. The number of nitrogens with zero attached hydrogens (tertiary/aromatic N) is 6. The van der Waals surface area contributed by atoms with Crippen LogP contribution in [0.4, 0.5) is 14.5 Å². The number of hydrogen-bond acceptors (Lipinski definition) is 12. The second-order valence-electron chi connectivity index (χ2n) is 23.1. The first-order valence-corrected chi connectivity index (χ1v) is 28.0. The number of anilines is 1. The number of alkyl halides is 2. The molecule has 0 radical (unpaired) electrons. The summed E-state index contributed by atoms with van der Waals surface area (Å²) in [6.07, 6.45) is 4.43. The quantitative estimate of drug-likeness (QED) is 0.108. The fourth-order valence-electron chi connectivity index (χ4n) is 13.2. The van der Waals surface area contributed by atoms with Crippen molar-refractivity contribution in [1.29, 1.82) is 0 Å². The van der Waals surface area contributed by atoms with E-state index in [0.717, 1.165) is 124 Å². The zero-order valence-electron chi connectivity index (χ0n) is 44.7. The molecule has 1 unspecified atom stereocenters. The topological polar surface area (TPSA) is 157 Å². The van der Waals surface area contributed by atoms with Crippen LogP contribution in [0.3, 0.4) is 0 Å². The lowest BCUT2D eigenvalue weighted by molar-refractivity contribution is -0.155. The maximum absolute atomic E-state index is 15.2. The molecule has 75 heavy (non-hydrogen) atoms. The Hall–Kier alpha value is -5.04. The molecule has 10 rings (SSSR count). The van der Waals surface area contributed by atoms with Gasteiger partial charge in [0.1, 0.15) is 12.1 Å². The van der Waals surface area contributed by atoms with E-state index in [2.05, 4.69) is 75.2 Å². The number of aliphatic hydroxyl groups excluding tert-OH is 1. The Balaban J connectivity index is 1.08. The standard InChI is InChI=1S/C58H79F2N9O6/c1-6-61-30-37-16-18-67(32-37)52(39-11-8-9-12-39)55(71)63-49-25-38-23-41(26-42(24-38)54(59)60)40-14-15-50-45(27-40)47(29-58(4,5)35-75-57(73)48-13-10-17-69(64-48)56(49)72)53(68(50)7-2)46-28-43(31-62-51(46)36(3)70)66-20-19-65-21-22-74-34-44(65)33-66/h14-15,23-24,26-28,31,36-37,39,44,48-49,52,54,61,64,70H,6-13,16-22,25,29-30,32-35H2,1-5H3,(H,63,71)/t36-,37-,44?,48-,49-,52-/m0/s1. The molecular formula is C58H79F2N9O6. The normalized spacial score (nSPS) is 25.1. The number of benzene rings is 2. The SMILES string of the molecule is CCNC[C@@H]1CCN([C@H](C(=O)N[C@H]2Cc3cc(cc(C(F)F)c3)-c3ccc4c(c3)c(c(-c3cc(N5CCN6CCOCC6C5)cnc3[C@H](C)O)n4CC)CC(C)(C)COC(=O)[C@@H]3CCCN(N3)C2=O)C2CCCC2)C1. The molecule has 1 saturated carbocycles. The van der Waals surface area contributed by atoms with Gasteiger partial charge in [0.25, 0.3) is 12.3 Å². The minimum absolute atomic E-state index is 0.0435. The molecule has 2 aromatic heterocycles. The smallest absolute Gasteiger partial charge is 0.324 e. The number of carbonyl (C=O) groups excluding carboxylic acids is 3. The number of morpholine rings is 1. The van der Waals surface area contributed by atoms with Crippen LogP contribution in [-0.2, 0) is 43.2 Å². The van der Waals surface area contributed by atoms with Crippen LogP contribution in [0, 0.1) is 17.3 Å². The summed E-state index contributed by atoms with van der Waals surface area (Å²) >= 11 is 0. The second-order valence-corrected chi connectivity index (χ2v) is 23.1. The molecule has 15 nitrogen and oxygen atoms in total. The highest BCUT2D eigenvalue weighted by atomic mass is 19.3. The Kier molecular flexibility index (Phi) is 16.3. The van der Waals surface area contributed by atoms with Crippen LogP contribution in [-0.4, -0.2) is 150 Å². The van der Waals surface area contributed by atoms with Gasteiger partial charge in [-0.2, -0.15) is 0 Å². The number of cyclic esters (lactones) is 1. The van der Waals surface area contributed by atoms with Crippen molar-refractivity contribution in [1.82, 2.24) is 40.4 Å². The van der Waals surface area contributed by atoms with Gasteiger partial charge >= 0.3 is 5.97 Å². The highest BCUT2D eigenvalue weighted by Crippen LogP contribution is 2.43. The molecule has 6 aliphatic rings. The summed E-state index contributed by atoms with van der Waals surface area (Å²) in [7, 11) is 0. The number of aromatic nitrogens is 2. The number of rotatable bonds is 12. The number of halogens is 2. The average Bonchev–Trinajstić information content (AvgIpc) is 4.20. The minimum atomic E-state index is -2.81. The van der Waals surface area contributed by atoms with Crippen molar-refractivity contribution >= 4 is 34.4 Å². The summed E-state index contributed by atoms with van der Waals surface area (Å²) in [6, 6.07) is 11.0. The summed E-state index contributed by atoms with van der Waals surface area (Å²) in [4.78, 5) is 56.3. The third kappa shape index (κ3) is 11.5. The van der Waals surface area contributed by atoms with E-state index in [9.17, 15) is 19.5 Å². The molecule has 7 heterocycles. The minimum Gasteiger partial charge on any atom is -0.464 e. The first-order valence-electron chi connectivity index (χ1n) is 28.0. The lowest BCUT2D eigenvalue weighted by atomic mass is 9.84. The number of amides is 2. The predicted molar refractivity (Wildman–Crippen MR) is 286 cm³/mol. The lowest BCUT2D eigenvalue weighted by Crippen LogP contribution is -2.62. The number of esters is 1. The summed E-state index contributed by atoms with van der Waals surface area (Å²) in [5.74, 6) is -0.581. The number of nitrogens with one attached hydrogen (secondary N) is 3. The maximum Gasteiger partial charge on any atom is 0.324 e. The van der Waals surface area contributed by atoms with Crippen LogP contribution in [0.1, 0.15) is 114 Å². The van der Waals surface area contributed by atoms with Gasteiger partial charge in [0.05, 0.1) is 61.3 Å². The fourth-order valence-corrected chi connectivity index (χ4v) is 13.2. The Morgan fingerprint density at radius 2 is 1.79 bits per heavy atom. The van der Waals surface area contributed by atoms with E-state index < -0.39 is 47.9 Å². The van der Waals surface area contributed by atoms with Crippen molar-refractivity contribution in [3.63, 3.8) is 0 Å². The molecule has 6 bridgehead atoms. The van der Waals surface area contributed by atoms with Crippen molar-refractivity contribution in [3.05, 3.63) is 71.0 Å². The fraction of sp³-hybridized carbons (Fsp3) is 0.621. The van der Waals surface area contributed by atoms with Gasteiger partial charge in [0, 0.05) is 79.7 Å². The van der Waals surface area contributed by atoms with Gasteiger partial charge in [-0.05, 0) is 130 Å². The number of carbonyl (C=O) groups is 3. The highest BCUT2D eigenvalue weighted by Gasteiger charge is 2.42. The molecule has 5 aliphatic heterocycles. The molecule has 4 saturated heterocycles. The number of hydrazine groups is 1. The number of piperazine rings is 1. The number of pyridine rings is 1. The number of likely N-dealkylation sites (tertiary alicyclic amines) is 1. The molecule has 0 spiro atoms. The van der Waals surface area contributed by atoms with Gasteiger partial charge in [0.2, 0.25) is 5.91 Å². The van der Waals surface area contributed by atoms with E-state index in [1.165, 1.54) is 17.1 Å². The van der Waals surface area contributed by atoms with Crippen molar-refractivity contribution in [2.24, 2.45) is 17.3 Å². The Morgan fingerprint density at radius 3 is 2.56 bits per heavy atom. The van der Waals surface area contributed by atoms with Crippen LogP contribution < -0.4 is 21.0 Å². The van der Waals surface area contributed by atoms with Crippen molar-refractivity contribution in [2.45, 2.75) is 136 Å². The molecule has 4 N–H and O–H groups in total. The molecule has 1 aliphatic carbocycles. The Labute approximate surface area is 441 Å². The van der Waals surface area contributed by atoms with Gasteiger partial charge in [0.15, 0.2) is 0 Å². The van der Waals surface area contributed by atoms with Crippen LogP contribution in [0.5, 0.6) is 0 Å². The number of aryl methyl sites for hydroxylation is 1. The first kappa shape index (κ1) is 53.4.